The summed E-state index contributed by atoms with van der Waals surface area (Å²) in [5, 5.41) is 33.3. The van der Waals surface area contributed by atoms with E-state index in [1.807, 2.05) is 6.08 Å². The first-order valence-corrected chi connectivity index (χ1v) is 29.3. The summed E-state index contributed by atoms with van der Waals surface area (Å²) in [4.78, 5) is 12.6. The zero-order chi connectivity index (χ0) is 47.2. The van der Waals surface area contributed by atoms with Crippen LogP contribution >= 0.6 is 0 Å². The summed E-state index contributed by atoms with van der Waals surface area (Å²) in [6.07, 6.45) is 72.4. The van der Waals surface area contributed by atoms with Gasteiger partial charge in [0, 0.05) is 0 Å². The molecular formula is C60H115NO4. The Balaban J connectivity index is 3.55. The van der Waals surface area contributed by atoms with Gasteiger partial charge in [-0.1, -0.05) is 307 Å². The zero-order valence-corrected chi connectivity index (χ0v) is 43.9. The lowest BCUT2D eigenvalue weighted by molar-refractivity contribution is -0.131. The van der Waals surface area contributed by atoms with Crippen LogP contribution in [0.3, 0.4) is 0 Å². The van der Waals surface area contributed by atoms with Crippen LogP contribution in [0, 0.1) is 0 Å². The molecule has 0 fully saturated rings. The van der Waals surface area contributed by atoms with E-state index in [1.165, 1.54) is 250 Å². The number of carbonyl (C=O) groups excluding carboxylic acids is 1. The van der Waals surface area contributed by atoms with Crippen molar-refractivity contribution in [3.8, 4) is 0 Å². The fourth-order valence-electron chi connectivity index (χ4n) is 9.16. The van der Waals surface area contributed by atoms with E-state index in [4.69, 9.17) is 0 Å². The predicted molar refractivity (Wildman–Crippen MR) is 287 cm³/mol. The van der Waals surface area contributed by atoms with Crippen molar-refractivity contribution in [2.45, 2.75) is 334 Å². The highest BCUT2D eigenvalue weighted by atomic mass is 16.3. The third-order valence-corrected chi connectivity index (χ3v) is 13.7. The molecule has 5 heteroatoms. The van der Waals surface area contributed by atoms with Crippen molar-refractivity contribution < 1.29 is 20.1 Å². The van der Waals surface area contributed by atoms with Gasteiger partial charge >= 0.3 is 0 Å². The maximum atomic E-state index is 12.6. The Morgan fingerprint density at radius 2 is 0.631 bits per heavy atom. The number of hydrogen-bond acceptors (Lipinski definition) is 4. The molecule has 0 aromatic carbocycles. The van der Waals surface area contributed by atoms with Crippen LogP contribution in [0.5, 0.6) is 0 Å². The first kappa shape index (κ1) is 63.6. The smallest absolute Gasteiger partial charge is 0.249 e. The minimum absolute atomic E-state index is 0.379. The predicted octanol–water partition coefficient (Wildman–Crippen LogP) is 18.2. The molecule has 0 radical (unpaired) electrons. The van der Waals surface area contributed by atoms with E-state index in [2.05, 4.69) is 43.5 Å². The van der Waals surface area contributed by atoms with Crippen LogP contribution in [-0.4, -0.2) is 46.1 Å². The Morgan fingerprint density at radius 1 is 0.369 bits per heavy atom. The van der Waals surface area contributed by atoms with E-state index in [0.29, 0.717) is 6.42 Å². The lowest BCUT2D eigenvalue weighted by Crippen LogP contribution is -2.48. The molecule has 0 aromatic rings. The average Bonchev–Trinajstić information content (AvgIpc) is 3.31. The molecule has 0 aliphatic rings. The number of hydrogen-bond donors (Lipinski definition) is 4. The van der Waals surface area contributed by atoms with Crippen LogP contribution in [-0.2, 0) is 4.79 Å². The van der Waals surface area contributed by atoms with Gasteiger partial charge in [-0.25, -0.2) is 0 Å². The van der Waals surface area contributed by atoms with E-state index in [1.54, 1.807) is 6.08 Å². The summed E-state index contributed by atoms with van der Waals surface area (Å²) in [5.41, 5.74) is 0. The molecule has 0 heterocycles. The van der Waals surface area contributed by atoms with Crippen LogP contribution in [0.25, 0.3) is 0 Å². The maximum absolute atomic E-state index is 12.6. The van der Waals surface area contributed by atoms with Gasteiger partial charge < -0.3 is 20.6 Å². The second-order valence-corrected chi connectivity index (χ2v) is 20.2. The van der Waals surface area contributed by atoms with Crippen molar-refractivity contribution in [2.24, 2.45) is 0 Å². The number of amides is 1. The monoisotopic (exact) mass is 914 g/mol. The van der Waals surface area contributed by atoms with Crippen molar-refractivity contribution in [3.05, 3.63) is 36.5 Å². The first-order valence-electron chi connectivity index (χ1n) is 29.3. The molecule has 0 rings (SSSR count). The van der Waals surface area contributed by atoms with Crippen molar-refractivity contribution in [1.29, 1.82) is 0 Å². The number of carbonyl (C=O) groups is 1. The number of rotatable bonds is 54. The molecule has 0 aliphatic carbocycles. The Morgan fingerprint density at radius 3 is 0.938 bits per heavy atom. The van der Waals surface area contributed by atoms with Gasteiger partial charge in [0.2, 0.25) is 5.91 Å². The molecule has 0 saturated heterocycles. The minimum Gasteiger partial charge on any atom is -0.394 e. The molecule has 5 nitrogen and oxygen atoms in total. The largest absolute Gasteiger partial charge is 0.394 e. The quantitative estimate of drug-likeness (QED) is 0.0361. The summed E-state index contributed by atoms with van der Waals surface area (Å²) in [5.74, 6) is -0.512. The minimum atomic E-state index is -1.11. The molecule has 0 aromatic heterocycles. The Labute approximate surface area is 406 Å². The van der Waals surface area contributed by atoms with Crippen LogP contribution in [0.15, 0.2) is 36.5 Å². The van der Waals surface area contributed by atoms with Crippen LogP contribution in [0.1, 0.15) is 316 Å². The number of aliphatic hydroxyl groups excluding tert-OH is 3. The maximum Gasteiger partial charge on any atom is 0.249 e. The first-order chi connectivity index (χ1) is 32.1. The van der Waals surface area contributed by atoms with Gasteiger partial charge in [-0.3, -0.25) is 4.79 Å². The Hall–Kier alpha value is -1.43. The summed E-state index contributed by atoms with van der Waals surface area (Å²) in [6, 6.07) is -0.820. The summed E-state index contributed by atoms with van der Waals surface area (Å²) in [7, 11) is 0. The van der Waals surface area contributed by atoms with E-state index in [0.717, 1.165) is 44.9 Å². The molecule has 3 unspecified atom stereocenters. The summed E-state index contributed by atoms with van der Waals surface area (Å²) >= 11 is 0. The summed E-state index contributed by atoms with van der Waals surface area (Å²) in [6.45, 7) is 4.20. The molecule has 4 N–H and O–H groups in total. The highest BCUT2D eigenvalue weighted by molar-refractivity contribution is 5.80. The van der Waals surface area contributed by atoms with Gasteiger partial charge in [-0.15, -0.1) is 0 Å². The number of unbranched alkanes of at least 4 members (excludes halogenated alkanes) is 42. The molecule has 1 amide bonds. The second kappa shape index (κ2) is 55.2. The average molecular weight is 915 g/mol. The van der Waals surface area contributed by atoms with Gasteiger partial charge in [-0.2, -0.15) is 0 Å². The van der Waals surface area contributed by atoms with Gasteiger partial charge in [-0.05, 0) is 44.9 Å². The van der Waals surface area contributed by atoms with Gasteiger partial charge in [0.15, 0.2) is 0 Å². The van der Waals surface area contributed by atoms with E-state index >= 15 is 0 Å². The molecule has 0 bridgehead atoms. The van der Waals surface area contributed by atoms with Crippen molar-refractivity contribution >= 4 is 5.91 Å². The third kappa shape index (κ3) is 50.3. The van der Waals surface area contributed by atoms with Crippen LogP contribution in [0.2, 0.25) is 0 Å². The fourth-order valence-corrected chi connectivity index (χ4v) is 9.16. The lowest BCUT2D eigenvalue weighted by atomic mass is 10.0. The number of allylic oxidation sites excluding steroid dienone is 5. The molecule has 0 saturated carbocycles. The van der Waals surface area contributed by atoms with E-state index in [9.17, 15) is 20.1 Å². The standard InChI is InChI=1S/C60H115NO4/c1-3-5-7-9-11-13-15-17-19-21-23-25-26-27-28-29-30-31-32-33-34-35-37-39-41-43-45-47-49-51-53-55-59(64)60(65)61-57(56-62)58(63)54-52-50-48-46-44-42-40-38-36-24-22-20-18-16-14-12-10-8-6-4-2/h36,38,44,46,52,54,57-59,62-64H,3-35,37,39-43,45,47-51,53,55-56H2,1-2H3,(H,61,65)/b38-36+,46-44+,54-52+. The number of aliphatic hydroxyl groups is 3. The normalized spacial score (nSPS) is 13.5. The molecule has 0 spiro atoms. The van der Waals surface area contributed by atoms with E-state index in [-0.39, 0.29) is 6.61 Å². The highest BCUT2D eigenvalue weighted by Crippen LogP contribution is 2.18. The molecule has 3 atom stereocenters. The molecular weight excluding hydrogens is 799 g/mol. The van der Waals surface area contributed by atoms with Gasteiger partial charge in [0.05, 0.1) is 18.8 Å². The third-order valence-electron chi connectivity index (χ3n) is 13.7. The molecule has 0 aliphatic heterocycles. The number of nitrogens with one attached hydrogen (secondary N) is 1. The SMILES string of the molecule is CCCCCCCCCCCC/C=C/CC/C=C/CC/C=C/C(O)C(CO)NC(=O)C(O)CCCCCCCCCCCCCCCCCCCCCCCCCCCCCCCCC. The van der Waals surface area contributed by atoms with Crippen molar-refractivity contribution in [1.82, 2.24) is 5.32 Å². The van der Waals surface area contributed by atoms with Gasteiger partial charge in [0.1, 0.15) is 6.10 Å². The Kier molecular flexibility index (Phi) is 54.0. The topological polar surface area (TPSA) is 89.8 Å². The fraction of sp³-hybridized carbons (Fsp3) is 0.883. The lowest BCUT2D eigenvalue weighted by Gasteiger charge is -2.21. The summed E-state index contributed by atoms with van der Waals surface area (Å²) < 4.78 is 0. The van der Waals surface area contributed by atoms with Crippen molar-refractivity contribution in [2.75, 3.05) is 6.61 Å². The Bertz CT molecular complexity index is 1010. The van der Waals surface area contributed by atoms with Crippen LogP contribution in [0.4, 0.5) is 0 Å². The second-order valence-electron chi connectivity index (χ2n) is 20.2. The highest BCUT2D eigenvalue weighted by Gasteiger charge is 2.22. The molecule has 384 valence electrons. The molecule has 65 heavy (non-hydrogen) atoms. The van der Waals surface area contributed by atoms with Crippen molar-refractivity contribution in [3.63, 3.8) is 0 Å². The van der Waals surface area contributed by atoms with Crippen LogP contribution < -0.4 is 5.32 Å². The van der Waals surface area contributed by atoms with Gasteiger partial charge in [0.25, 0.3) is 0 Å². The van der Waals surface area contributed by atoms with E-state index < -0.39 is 24.2 Å². The zero-order valence-electron chi connectivity index (χ0n) is 43.9.